The smallest absolute Gasteiger partial charge is 0.407 e. The van der Waals surface area contributed by atoms with Crippen molar-refractivity contribution >= 4 is 29.2 Å². The Morgan fingerprint density at radius 1 is 1.23 bits per heavy atom. The molecule has 11 heteroatoms. The third kappa shape index (κ3) is 4.25. The normalized spacial score (nSPS) is 18.3. The van der Waals surface area contributed by atoms with E-state index >= 15 is 0 Å². The summed E-state index contributed by atoms with van der Waals surface area (Å²) in [7, 11) is 1.51. The number of carbonyl (C=O) groups excluding carboxylic acids is 2. The van der Waals surface area contributed by atoms with E-state index in [2.05, 4.69) is 25.6 Å². The van der Waals surface area contributed by atoms with Crippen molar-refractivity contribution in [1.82, 2.24) is 24.7 Å². The molecule has 0 aromatic carbocycles. The summed E-state index contributed by atoms with van der Waals surface area (Å²) < 4.78 is 21.1. The molecule has 1 fully saturated rings. The van der Waals surface area contributed by atoms with Gasteiger partial charge in [-0.25, -0.2) is 24.1 Å². The van der Waals surface area contributed by atoms with E-state index in [4.69, 9.17) is 4.74 Å². The lowest BCUT2D eigenvalue weighted by Crippen LogP contribution is -2.30. The molecule has 2 amide bonds. The molecular weight excluding hydrogens is 405 g/mol. The molecule has 3 aromatic rings. The summed E-state index contributed by atoms with van der Waals surface area (Å²) in [5.74, 6) is -0.347. The standard InChI is InChI=1S/C20H22FN7O3/c1-11-7-27(10-16(11)31-20(30)22-3)17-6-23-15(5-24-17)19(29)26-13-4-14(21)18-25-12(2)8-28(18)9-13/h4-6,8-9,11,16H,7,10H2,1-3H3,(H,22,30)(H,26,29)/t11-,16+/m1/s1. The predicted molar refractivity (Wildman–Crippen MR) is 111 cm³/mol. The monoisotopic (exact) mass is 427 g/mol. The molecule has 4 rings (SSSR count). The van der Waals surface area contributed by atoms with E-state index in [9.17, 15) is 14.0 Å². The minimum Gasteiger partial charge on any atom is -0.444 e. The zero-order valence-corrected chi connectivity index (χ0v) is 17.3. The molecule has 10 nitrogen and oxygen atoms in total. The number of ether oxygens (including phenoxy) is 1. The van der Waals surface area contributed by atoms with Gasteiger partial charge in [-0.1, -0.05) is 6.92 Å². The van der Waals surface area contributed by atoms with E-state index in [-0.39, 0.29) is 29.1 Å². The van der Waals surface area contributed by atoms with Crippen LogP contribution < -0.4 is 15.5 Å². The van der Waals surface area contributed by atoms with Crippen molar-refractivity contribution in [2.24, 2.45) is 5.92 Å². The van der Waals surface area contributed by atoms with E-state index in [1.165, 1.54) is 29.9 Å². The summed E-state index contributed by atoms with van der Waals surface area (Å²) in [6.07, 6.45) is 5.36. The molecule has 4 heterocycles. The van der Waals surface area contributed by atoms with Crippen LogP contribution in [0.5, 0.6) is 0 Å². The molecule has 31 heavy (non-hydrogen) atoms. The highest BCUT2D eigenvalue weighted by atomic mass is 19.1. The summed E-state index contributed by atoms with van der Waals surface area (Å²) in [6, 6.07) is 1.21. The number of fused-ring (bicyclic) bond motifs is 1. The number of rotatable bonds is 4. The summed E-state index contributed by atoms with van der Waals surface area (Å²) >= 11 is 0. The lowest BCUT2D eigenvalue weighted by molar-refractivity contribution is 0.0903. The Hall–Kier alpha value is -3.76. The van der Waals surface area contributed by atoms with Gasteiger partial charge in [0.15, 0.2) is 11.5 Å². The molecule has 162 valence electrons. The number of imidazole rings is 1. The second-order valence-electron chi connectivity index (χ2n) is 7.48. The number of hydrogen-bond donors (Lipinski definition) is 2. The van der Waals surface area contributed by atoms with Gasteiger partial charge < -0.3 is 24.7 Å². The summed E-state index contributed by atoms with van der Waals surface area (Å²) in [5.41, 5.74) is 1.23. The largest absolute Gasteiger partial charge is 0.444 e. The fourth-order valence-corrected chi connectivity index (χ4v) is 3.52. The van der Waals surface area contributed by atoms with Gasteiger partial charge in [-0.15, -0.1) is 0 Å². The van der Waals surface area contributed by atoms with Gasteiger partial charge in [0.25, 0.3) is 5.91 Å². The summed E-state index contributed by atoms with van der Waals surface area (Å²) in [6.45, 7) is 4.88. The minimum atomic E-state index is -0.538. The maximum absolute atomic E-state index is 14.2. The van der Waals surface area contributed by atoms with E-state index in [1.807, 2.05) is 11.8 Å². The van der Waals surface area contributed by atoms with Gasteiger partial charge in [0.05, 0.1) is 30.3 Å². The maximum Gasteiger partial charge on any atom is 0.407 e. The number of hydrogen-bond acceptors (Lipinski definition) is 7. The Bertz CT molecular complexity index is 1130. The lowest BCUT2D eigenvalue weighted by Gasteiger charge is -2.17. The number of alkyl carbamates (subject to hydrolysis) is 1. The summed E-state index contributed by atoms with van der Waals surface area (Å²) in [4.78, 5) is 38.5. The number of nitrogens with zero attached hydrogens (tertiary/aromatic N) is 5. The number of pyridine rings is 1. The molecular formula is C20H22FN7O3. The molecule has 0 spiro atoms. The van der Waals surface area contributed by atoms with Crippen molar-refractivity contribution in [1.29, 1.82) is 0 Å². The van der Waals surface area contributed by atoms with Crippen LogP contribution in [0.1, 0.15) is 23.1 Å². The van der Waals surface area contributed by atoms with Crippen LogP contribution in [0.15, 0.2) is 30.9 Å². The predicted octanol–water partition coefficient (Wildman–Crippen LogP) is 2.00. The number of aromatic nitrogens is 4. The third-order valence-corrected chi connectivity index (χ3v) is 5.09. The van der Waals surface area contributed by atoms with Crippen LogP contribution in [0.3, 0.4) is 0 Å². The second-order valence-corrected chi connectivity index (χ2v) is 7.48. The second kappa shape index (κ2) is 8.17. The number of aryl methyl sites for hydroxylation is 1. The first-order valence-corrected chi connectivity index (χ1v) is 9.75. The van der Waals surface area contributed by atoms with Crippen molar-refractivity contribution in [2.75, 3.05) is 30.4 Å². The van der Waals surface area contributed by atoms with Gasteiger partial charge in [0.1, 0.15) is 17.6 Å². The number of carbonyl (C=O) groups is 2. The zero-order chi connectivity index (χ0) is 22.1. The lowest BCUT2D eigenvalue weighted by atomic mass is 10.1. The van der Waals surface area contributed by atoms with Crippen LogP contribution in [0, 0.1) is 18.7 Å². The van der Waals surface area contributed by atoms with Crippen molar-refractivity contribution in [3.63, 3.8) is 0 Å². The van der Waals surface area contributed by atoms with Gasteiger partial charge in [0.2, 0.25) is 0 Å². The van der Waals surface area contributed by atoms with Crippen LogP contribution in [0.25, 0.3) is 5.65 Å². The van der Waals surface area contributed by atoms with Crippen LogP contribution in [0.4, 0.5) is 20.7 Å². The Kier molecular flexibility index (Phi) is 5.40. The average Bonchev–Trinajstić information content (AvgIpc) is 3.30. The van der Waals surface area contributed by atoms with Gasteiger partial charge in [-0.2, -0.15) is 0 Å². The SMILES string of the molecule is CNC(=O)O[C@H]1CN(c2cnc(C(=O)Nc3cc(F)c4nc(C)cn4c3)cn2)C[C@H]1C. The molecule has 0 bridgehead atoms. The van der Waals surface area contributed by atoms with Crippen LogP contribution in [0.2, 0.25) is 0 Å². The van der Waals surface area contributed by atoms with Crippen molar-refractivity contribution < 1.29 is 18.7 Å². The van der Waals surface area contributed by atoms with Crippen molar-refractivity contribution in [3.8, 4) is 0 Å². The van der Waals surface area contributed by atoms with E-state index in [0.29, 0.717) is 24.6 Å². The topological polar surface area (TPSA) is 114 Å². The average molecular weight is 427 g/mol. The maximum atomic E-state index is 14.2. The molecule has 1 aliphatic heterocycles. The molecule has 0 radical (unpaired) electrons. The highest BCUT2D eigenvalue weighted by Gasteiger charge is 2.33. The van der Waals surface area contributed by atoms with E-state index in [0.717, 1.165) is 0 Å². The molecule has 1 aliphatic rings. The third-order valence-electron chi connectivity index (χ3n) is 5.09. The Morgan fingerprint density at radius 3 is 2.74 bits per heavy atom. The molecule has 0 saturated carbocycles. The van der Waals surface area contributed by atoms with Crippen LogP contribution in [-0.2, 0) is 4.74 Å². The first-order valence-electron chi connectivity index (χ1n) is 9.75. The van der Waals surface area contributed by atoms with E-state index in [1.54, 1.807) is 19.3 Å². The highest BCUT2D eigenvalue weighted by molar-refractivity contribution is 6.02. The summed E-state index contributed by atoms with van der Waals surface area (Å²) in [5, 5.41) is 5.06. The first kappa shape index (κ1) is 20.5. The number of nitrogens with one attached hydrogen (secondary N) is 2. The van der Waals surface area contributed by atoms with Gasteiger partial charge in [-0.05, 0) is 6.92 Å². The highest BCUT2D eigenvalue weighted by Crippen LogP contribution is 2.24. The fourth-order valence-electron chi connectivity index (χ4n) is 3.52. The zero-order valence-electron chi connectivity index (χ0n) is 17.3. The van der Waals surface area contributed by atoms with Crippen molar-refractivity contribution in [2.45, 2.75) is 20.0 Å². The van der Waals surface area contributed by atoms with E-state index < -0.39 is 17.8 Å². The van der Waals surface area contributed by atoms with Gasteiger partial charge in [0, 0.05) is 38.0 Å². The quantitative estimate of drug-likeness (QED) is 0.655. The molecule has 2 atom stereocenters. The van der Waals surface area contributed by atoms with Crippen LogP contribution >= 0.6 is 0 Å². The van der Waals surface area contributed by atoms with Gasteiger partial charge >= 0.3 is 6.09 Å². The Balaban J connectivity index is 1.43. The molecule has 0 aliphatic carbocycles. The Labute approximate surface area is 177 Å². The molecule has 2 N–H and O–H groups in total. The number of anilines is 2. The molecule has 0 unspecified atom stereocenters. The Morgan fingerprint density at radius 2 is 2.03 bits per heavy atom. The number of halogens is 1. The van der Waals surface area contributed by atoms with Gasteiger partial charge in [-0.3, -0.25) is 4.79 Å². The van der Waals surface area contributed by atoms with Crippen LogP contribution in [-0.4, -0.2) is 57.6 Å². The minimum absolute atomic E-state index is 0.0940. The number of amides is 2. The molecule has 1 saturated heterocycles. The molecule has 3 aromatic heterocycles. The van der Waals surface area contributed by atoms with Crippen molar-refractivity contribution in [3.05, 3.63) is 48.1 Å². The first-order chi connectivity index (χ1) is 14.8. The fraction of sp³-hybridized carbons (Fsp3) is 0.350.